The Hall–Kier alpha value is -2.24. The molecular weight excluding hydrogens is 232 g/mol. The highest BCUT2D eigenvalue weighted by molar-refractivity contribution is 5.95. The Kier molecular flexibility index (Phi) is 2.65. The lowest BCUT2D eigenvalue weighted by Gasteiger charge is -2.10. The first-order chi connectivity index (χ1) is 8.34. The third-order valence-corrected chi connectivity index (χ3v) is 3.27. The molecular formula is C12H14N4O2. The van der Waals surface area contributed by atoms with E-state index in [1.807, 2.05) is 13.8 Å². The van der Waals surface area contributed by atoms with Gasteiger partial charge in [-0.15, -0.1) is 0 Å². The average molecular weight is 246 g/mol. The van der Waals surface area contributed by atoms with Crippen molar-refractivity contribution in [3.63, 3.8) is 0 Å². The number of nitro groups is 1. The molecule has 0 unspecified atom stereocenters. The predicted molar refractivity (Wildman–Crippen MR) is 69.6 cm³/mol. The van der Waals surface area contributed by atoms with Gasteiger partial charge in [0, 0.05) is 5.56 Å². The molecule has 2 rings (SSSR count). The summed E-state index contributed by atoms with van der Waals surface area (Å²) >= 11 is 0. The summed E-state index contributed by atoms with van der Waals surface area (Å²) in [7, 11) is 0. The van der Waals surface area contributed by atoms with Gasteiger partial charge in [0.05, 0.1) is 21.8 Å². The molecule has 0 aliphatic rings. The second kappa shape index (κ2) is 3.90. The topological polar surface area (TPSA) is 94.9 Å². The van der Waals surface area contributed by atoms with Crippen LogP contribution in [0.5, 0.6) is 0 Å². The highest BCUT2D eigenvalue weighted by atomic mass is 16.6. The number of aromatic nitrogens is 2. The van der Waals surface area contributed by atoms with Crippen LogP contribution in [-0.4, -0.2) is 14.9 Å². The molecule has 6 heteroatoms. The molecule has 1 aromatic carbocycles. The smallest absolute Gasteiger partial charge is 0.297 e. The summed E-state index contributed by atoms with van der Waals surface area (Å²) in [5.41, 5.74) is 9.76. The molecule has 18 heavy (non-hydrogen) atoms. The van der Waals surface area contributed by atoms with E-state index in [1.165, 1.54) is 0 Å². The fourth-order valence-electron chi connectivity index (χ4n) is 1.96. The predicted octanol–water partition coefficient (Wildman–Crippen LogP) is 2.35. The fourth-order valence-corrected chi connectivity index (χ4v) is 1.96. The van der Waals surface area contributed by atoms with Gasteiger partial charge >= 0.3 is 0 Å². The maximum Gasteiger partial charge on any atom is 0.297 e. The highest BCUT2D eigenvalue weighted by Gasteiger charge is 2.23. The van der Waals surface area contributed by atoms with Gasteiger partial charge in [0.2, 0.25) is 0 Å². The van der Waals surface area contributed by atoms with Gasteiger partial charge in [-0.1, -0.05) is 0 Å². The maximum atomic E-state index is 11.1. The quantitative estimate of drug-likeness (QED) is 0.473. The van der Waals surface area contributed by atoms with Crippen molar-refractivity contribution in [2.75, 3.05) is 5.73 Å². The third kappa shape index (κ3) is 1.57. The Balaban J connectivity index is 3.03. The van der Waals surface area contributed by atoms with E-state index in [1.54, 1.807) is 13.8 Å². The molecule has 6 nitrogen and oxygen atoms in total. The summed E-state index contributed by atoms with van der Waals surface area (Å²) < 4.78 is 0. The van der Waals surface area contributed by atoms with E-state index in [0.29, 0.717) is 16.6 Å². The van der Waals surface area contributed by atoms with Crippen LogP contribution in [-0.2, 0) is 0 Å². The summed E-state index contributed by atoms with van der Waals surface area (Å²) in [6.07, 6.45) is 0. The number of nitrogens with two attached hydrogens (primary N) is 1. The van der Waals surface area contributed by atoms with Crippen LogP contribution in [0.2, 0.25) is 0 Å². The van der Waals surface area contributed by atoms with Crippen LogP contribution in [0.4, 0.5) is 11.4 Å². The van der Waals surface area contributed by atoms with Crippen LogP contribution >= 0.6 is 0 Å². The SMILES string of the molecule is Cc1nc2c(C)c(C)c([N+](=O)[O-])c(N)c2nc1C. The van der Waals surface area contributed by atoms with Crippen LogP contribution < -0.4 is 5.73 Å². The van der Waals surface area contributed by atoms with Gasteiger partial charge in [0.25, 0.3) is 5.69 Å². The summed E-state index contributed by atoms with van der Waals surface area (Å²) in [4.78, 5) is 19.4. The van der Waals surface area contributed by atoms with Crippen molar-refractivity contribution in [3.05, 3.63) is 32.6 Å². The monoisotopic (exact) mass is 246 g/mol. The lowest BCUT2D eigenvalue weighted by atomic mass is 10.0. The molecule has 94 valence electrons. The van der Waals surface area contributed by atoms with Crippen LogP contribution in [0, 0.1) is 37.8 Å². The minimum atomic E-state index is -0.464. The molecule has 0 radical (unpaired) electrons. The Morgan fingerprint density at radius 2 is 1.50 bits per heavy atom. The van der Waals surface area contributed by atoms with Crippen molar-refractivity contribution in [1.29, 1.82) is 0 Å². The Labute approximate surface area is 104 Å². The number of nitrogens with zero attached hydrogens (tertiary/aromatic N) is 3. The second-order valence-corrected chi connectivity index (χ2v) is 4.36. The molecule has 2 aromatic rings. The summed E-state index contributed by atoms with van der Waals surface area (Å²) in [6.45, 7) is 7.14. The fraction of sp³-hybridized carbons (Fsp3) is 0.333. The van der Waals surface area contributed by atoms with E-state index < -0.39 is 4.92 Å². The first-order valence-electron chi connectivity index (χ1n) is 5.52. The van der Waals surface area contributed by atoms with Gasteiger partial charge in [-0.3, -0.25) is 10.1 Å². The number of rotatable bonds is 1. The van der Waals surface area contributed by atoms with Gasteiger partial charge in [-0.2, -0.15) is 0 Å². The van der Waals surface area contributed by atoms with E-state index in [4.69, 9.17) is 5.73 Å². The number of fused-ring (bicyclic) bond motifs is 1. The molecule has 0 saturated heterocycles. The second-order valence-electron chi connectivity index (χ2n) is 4.36. The van der Waals surface area contributed by atoms with Crippen LogP contribution in [0.25, 0.3) is 11.0 Å². The molecule has 0 aliphatic carbocycles. The van der Waals surface area contributed by atoms with E-state index in [0.717, 1.165) is 17.0 Å². The van der Waals surface area contributed by atoms with Crippen LogP contribution in [0.1, 0.15) is 22.5 Å². The first kappa shape index (κ1) is 12.2. The Morgan fingerprint density at radius 1 is 1.00 bits per heavy atom. The molecule has 0 amide bonds. The largest absolute Gasteiger partial charge is 0.391 e. The van der Waals surface area contributed by atoms with Crippen LogP contribution in [0.3, 0.4) is 0 Å². The standard InChI is InChI=1S/C12H14N4O2/c1-5-6(2)12(16(17)18)9(13)11-10(5)14-7(3)8(4)15-11/h13H2,1-4H3. The van der Waals surface area contributed by atoms with E-state index in [2.05, 4.69) is 9.97 Å². The van der Waals surface area contributed by atoms with Gasteiger partial charge in [-0.25, -0.2) is 9.97 Å². The Morgan fingerprint density at radius 3 is 2.00 bits per heavy atom. The first-order valence-corrected chi connectivity index (χ1v) is 5.52. The van der Waals surface area contributed by atoms with Crippen molar-refractivity contribution in [3.8, 4) is 0 Å². The summed E-state index contributed by atoms with van der Waals surface area (Å²) in [6, 6.07) is 0. The third-order valence-electron chi connectivity index (χ3n) is 3.27. The van der Waals surface area contributed by atoms with E-state index in [9.17, 15) is 10.1 Å². The molecule has 0 bridgehead atoms. The van der Waals surface area contributed by atoms with Gasteiger partial charge in [0.1, 0.15) is 11.2 Å². The number of anilines is 1. The molecule has 0 atom stereocenters. The van der Waals surface area contributed by atoms with Crippen LogP contribution in [0.15, 0.2) is 0 Å². The van der Waals surface area contributed by atoms with Gasteiger partial charge < -0.3 is 5.73 Å². The van der Waals surface area contributed by atoms with Crippen molar-refractivity contribution < 1.29 is 4.92 Å². The minimum Gasteiger partial charge on any atom is -0.391 e. The van der Waals surface area contributed by atoms with Gasteiger partial charge in [0.15, 0.2) is 0 Å². The van der Waals surface area contributed by atoms with E-state index in [-0.39, 0.29) is 11.4 Å². The lowest BCUT2D eigenvalue weighted by molar-refractivity contribution is -0.384. The molecule has 0 saturated carbocycles. The maximum absolute atomic E-state index is 11.1. The number of hydrogen-bond donors (Lipinski definition) is 1. The number of benzene rings is 1. The molecule has 0 aliphatic heterocycles. The van der Waals surface area contributed by atoms with Crippen molar-refractivity contribution in [2.24, 2.45) is 0 Å². The molecule has 0 spiro atoms. The summed E-state index contributed by atoms with van der Waals surface area (Å²) in [5, 5.41) is 11.1. The molecule has 2 N–H and O–H groups in total. The number of nitro benzene ring substituents is 1. The van der Waals surface area contributed by atoms with Crippen molar-refractivity contribution in [2.45, 2.75) is 27.7 Å². The summed E-state index contributed by atoms with van der Waals surface area (Å²) in [5.74, 6) is 0. The normalized spacial score (nSPS) is 10.9. The number of aryl methyl sites for hydroxylation is 3. The minimum absolute atomic E-state index is 0.0717. The molecule has 1 heterocycles. The molecule has 0 fully saturated rings. The van der Waals surface area contributed by atoms with E-state index >= 15 is 0 Å². The zero-order valence-electron chi connectivity index (χ0n) is 10.7. The number of hydrogen-bond acceptors (Lipinski definition) is 5. The average Bonchev–Trinajstić information content (AvgIpc) is 2.29. The highest BCUT2D eigenvalue weighted by Crippen LogP contribution is 2.35. The zero-order valence-corrected chi connectivity index (χ0v) is 10.7. The molecule has 1 aromatic heterocycles. The zero-order chi connectivity index (χ0) is 13.6. The van der Waals surface area contributed by atoms with Crippen molar-refractivity contribution >= 4 is 22.4 Å². The van der Waals surface area contributed by atoms with Crippen molar-refractivity contribution in [1.82, 2.24) is 9.97 Å². The number of nitrogen functional groups attached to an aromatic ring is 1. The van der Waals surface area contributed by atoms with Gasteiger partial charge in [-0.05, 0) is 33.3 Å². The lowest BCUT2D eigenvalue weighted by Crippen LogP contribution is -2.05. The Bertz CT molecular complexity index is 680.